The molecule has 5 nitrogen and oxygen atoms in total. The third-order valence-corrected chi connectivity index (χ3v) is 3.22. The summed E-state index contributed by atoms with van der Waals surface area (Å²) in [7, 11) is 0. The molecule has 2 aromatic heterocycles. The first-order valence-corrected chi connectivity index (χ1v) is 6.06. The van der Waals surface area contributed by atoms with Crippen LogP contribution in [-0.2, 0) is 11.3 Å². The van der Waals surface area contributed by atoms with E-state index in [0.29, 0.717) is 4.77 Å². The molecule has 1 aliphatic heterocycles. The molecule has 0 bridgehead atoms. The predicted molar refractivity (Wildman–Crippen MR) is 64.1 cm³/mol. The molecule has 1 atom stereocenters. The Labute approximate surface area is 103 Å². The lowest BCUT2D eigenvalue weighted by molar-refractivity contribution is 0.0969. The first-order chi connectivity index (χ1) is 8.34. The fourth-order valence-corrected chi connectivity index (χ4v) is 2.28. The third kappa shape index (κ3) is 2.05. The van der Waals surface area contributed by atoms with Crippen molar-refractivity contribution in [2.75, 3.05) is 6.61 Å². The van der Waals surface area contributed by atoms with Gasteiger partial charge in [0.05, 0.1) is 18.9 Å². The highest BCUT2D eigenvalue weighted by molar-refractivity contribution is 7.71. The maximum Gasteiger partial charge on any atom is 0.198 e. The molecule has 1 fully saturated rings. The van der Waals surface area contributed by atoms with E-state index in [9.17, 15) is 0 Å². The second-order valence-electron chi connectivity index (χ2n) is 4.08. The summed E-state index contributed by atoms with van der Waals surface area (Å²) >= 11 is 5.23. The van der Waals surface area contributed by atoms with Gasteiger partial charge in [-0.05, 0) is 37.2 Å². The van der Waals surface area contributed by atoms with Crippen LogP contribution in [0, 0.1) is 4.77 Å². The first kappa shape index (κ1) is 10.7. The Morgan fingerprint density at radius 2 is 2.53 bits per heavy atom. The van der Waals surface area contributed by atoms with Crippen molar-refractivity contribution < 1.29 is 9.15 Å². The van der Waals surface area contributed by atoms with E-state index in [1.54, 1.807) is 6.26 Å². The predicted octanol–water partition coefficient (Wildman–Crippen LogP) is 2.38. The van der Waals surface area contributed by atoms with Crippen LogP contribution in [0.5, 0.6) is 0 Å². The molecule has 0 saturated carbocycles. The zero-order valence-electron chi connectivity index (χ0n) is 9.26. The molecule has 0 aromatic carbocycles. The van der Waals surface area contributed by atoms with Gasteiger partial charge in [-0.25, -0.2) is 0 Å². The van der Waals surface area contributed by atoms with Crippen molar-refractivity contribution in [3.63, 3.8) is 0 Å². The topological polar surface area (TPSA) is 56.0 Å². The van der Waals surface area contributed by atoms with Gasteiger partial charge in [-0.3, -0.25) is 9.67 Å². The maximum atomic E-state index is 5.61. The molecule has 0 aliphatic carbocycles. The zero-order chi connectivity index (χ0) is 11.7. The van der Waals surface area contributed by atoms with E-state index in [1.807, 2.05) is 16.7 Å². The highest BCUT2D eigenvalue weighted by atomic mass is 32.1. The minimum atomic E-state index is 0.230. The van der Waals surface area contributed by atoms with Crippen molar-refractivity contribution in [2.24, 2.45) is 0 Å². The van der Waals surface area contributed by atoms with Crippen LogP contribution in [0.3, 0.4) is 0 Å². The number of hydrogen-bond donors (Lipinski definition) is 1. The number of aromatic nitrogens is 3. The van der Waals surface area contributed by atoms with E-state index in [2.05, 4.69) is 10.2 Å². The molecule has 17 heavy (non-hydrogen) atoms. The highest BCUT2D eigenvalue weighted by Crippen LogP contribution is 2.20. The zero-order valence-corrected chi connectivity index (χ0v) is 10.1. The molecule has 3 heterocycles. The molecular formula is C11H13N3O2S. The fraction of sp³-hybridized carbons (Fsp3) is 0.455. The molecular weight excluding hydrogens is 238 g/mol. The number of hydrogen-bond acceptors (Lipinski definition) is 4. The Hall–Kier alpha value is -1.40. The minimum absolute atomic E-state index is 0.230. The van der Waals surface area contributed by atoms with Crippen molar-refractivity contribution >= 4 is 12.2 Å². The number of rotatable bonds is 3. The number of nitrogens with zero attached hydrogens (tertiary/aromatic N) is 2. The second-order valence-corrected chi connectivity index (χ2v) is 4.46. The average molecular weight is 251 g/mol. The van der Waals surface area contributed by atoms with Crippen molar-refractivity contribution in [1.29, 1.82) is 0 Å². The Bertz CT molecular complexity index is 537. The van der Waals surface area contributed by atoms with E-state index >= 15 is 0 Å². The van der Waals surface area contributed by atoms with Gasteiger partial charge < -0.3 is 9.15 Å². The molecule has 3 rings (SSSR count). The van der Waals surface area contributed by atoms with Crippen LogP contribution < -0.4 is 0 Å². The molecule has 0 amide bonds. The minimum Gasteiger partial charge on any atom is -0.461 e. The number of aromatic amines is 1. The standard InChI is InChI=1S/C11H13N3O2S/c17-11-13-12-10(9-4-2-6-16-9)14(11)7-8-3-1-5-15-8/h2,4,6,8H,1,3,5,7H2,(H,13,17). The van der Waals surface area contributed by atoms with Crippen LogP contribution in [0.4, 0.5) is 0 Å². The number of furan rings is 1. The number of H-pyrrole nitrogens is 1. The van der Waals surface area contributed by atoms with Crippen molar-refractivity contribution in [1.82, 2.24) is 14.8 Å². The normalized spacial score (nSPS) is 19.9. The maximum absolute atomic E-state index is 5.61. The van der Waals surface area contributed by atoms with Crippen LogP contribution >= 0.6 is 12.2 Å². The molecule has 6 heteroatoms. The van der Waals surface area contributed by atoms with Gasteiger partial charge in [-0.1, -0.05) is 0 Å². The first-order valence-electron chi connectivity index (χ1n) is 5.65. The lowest BCUT2D eigenvalue weighted by Gasteiger charge is -2.11. The van der Waals surface area contributed by atoms with Crippen LogP contribution in [0.2, 0.25) is 0 Å². The lowest BCUT2D eigenvalue weighted by atomic mass is 10.2. The lowest BCUT2D eigenvalue weighted by Crippen LogP contribution is -2.15. The summed E-state index contributed by atoms with van der Waals surface area (Å²) in [6.45, 7) is 1.57. The largest absolute Gasteiger partial charge is 0.461 e. The summed E-state index contributed by atoms with van der Waals surface area (Å²) in [4.78, 5) is 0. The monoisotopic (exact) mass is 251 g/mol. The SMILES string of the molecule is S=c1[nH]nc(-c2ccco2)n1CC1CCCO1. The van der Waals surface area contributed by atoms with E-state index in [1.165, 1.54) is 0 Å². The Morgan fingerprint density at radius 1 is 1.59 bits per heavy atom. The molecule has 1 unspecified atom stereocenters. The van der Waals surface area contributed by atoms with Gasteiger partial charge in [0.1, 0.15) is 0 Å². The van der Waals surface area contributed by atoms with Gasteiger partial charge in [0.2, 0.25) is 0 Å². The third-order valence-electron chi connectivity index (χ3n) is 2.91. The van der Waals surface area contributed by atoms with Crippen molar-refractivity contribution in [3.8, 4) is 11.6 Å². The van der Waals surface area contributed by atoms with E-state index < -0.39 is 0 Å². The van der Waals surface area contributed by atoms with Gasteiger partial charge in [0.25, 0.3) is 0 Å². The van der Waals surface area contributed by atoms with E-state index in [4.69, 9.17) is 21.4 Å². The summed E-state index contributed by atoms with van der Waals surface area (Å²) in [5, 5.41) is 7.00. The van der Waals surface area contributed by atoms with Gasteiger partial charge in [0, 0.05) is 6.61 Å². The Morgan fingerprint density at radius 3 is 3.24 bits per heavy atom. The Kier molecular flexibility index (Phi) is 2.82. The quantitative estimate of drug-likeness (QED) is 0.851. The summed E-state index contributed by atoms with van der Waals surface area (Å²) < 4.78 is 13.5. The summed E-state index contributed by atoms with van der Waals surface area (Å²) in [6, 6.07) is 3.71. The summed E-state index contributed by atoms with van der Waals surface area (Å²) in [6.07, 6.45) is 4.05. The highest BCUT2D eigenvalue weighted by Gasteiger charge is 2.19. The number of ether oxygens (including phenoxy) is 1. The average Bonchev–Trinajstić information content (AvgIpc) is 3.03. The van der Waals surface area contributed by atoms with Crippen LogP contribution in [0.25, 0.3) is 11.6 Å². The Balaban J connectivity index is 1.92. The van der Waals surface area contributed by atoms with Gasteiger partial charge in [0.15, 0.2) is 16.4 Å². The van der Waals surface area contributed by atoms with Crippen LogP contribution in [-0.4, -0.2) is 27.5 Å². The van der Waals surface area contributed by atoms with Gasteiger partial charge in [-0.15, -0.1) is 0 Å². The number of nitrogens with one attached hydrogen (secondary N) is 1. The molecule has 1 saturated heterocycles. The van der Waals surface area contributed by atoms with Crippen molar-refractivity contribution in [2.45, 2.75) is 25.5 Å². The summed E-state index contributed by atoms with van der Waals surface area (Å²) in [5.41, 5.74) is 0. The van der Waals surface area contributed by atoms with Crippen LogP contribution in [0.15, 0.2) is 22.8 Å². The smallest absolute Gasteiger partial charge is 0.198 e. The summed E-state index contributed by atoms with van der Waals surface area (Å²) in [5.74, 6) is 1.45. The molecule has 1 aliphatic rings. The van der Waals surface area contributed by atoms with E-state index in [0.717, 1.165) is 37.6 Å². The van der Waals surface area contributed by atoms with Crippen molar-refractivity contribution in [3.05, 3.63) is 23.2 Å². The molecule has 2 aromatic rings. The molecule has 0 radical (unpaired) electrons. The molecule has 1 N–H and O–H groups in total. The van der Waals surface area contributed by atoms with Crippen LogP contribution in [0.1, 0.15) is 12.8 Å². The van der Waals surface area contributed by atoms with Gasteiger partial charge >= 0.3 is 0 Å². The second kappa shape index (κ2) is 4.46. The fourth-order valence-electron chi connectivity index (χ4n) is 2.07. The molecule has 0 spiro atoms. The van der Waals surface area contributed by atoms with Gasteiger partial charge in [-0.2, -0.15) is 5.10 Å². The van der Waals surface area contributed by atoms with E-state index in [-0.39, 0.29) is 6.10 Å². The molecule has 90 valence electrons.